The molecule has 96 valence electrons. The Labute approximate surface area is 89.4 Å². The summed E-state index contributed by atoms with van der Waals surface area (Å²) >= 11 is 0. The maximum atomic E-state index is 12.3. The topological polar surface area (TPSA) is 41.1 Å². The molecule has 0 saturated carbocycles. The van der Waals surface area contributed by atoms with E-state index in [-0.39, 0.29) is 0 Å². The summed E-state index contributed by atoms with van der Waals surface area (Å²) in [6, 6.07) is -1.04. The number of hydrogen-bond acceptors (Lipinski definition) is 1. The van der Waals surface area contributed by atoms with Crippen LogP contribution in [0.2, 0.25) is 0 Å². The van der Waals surface area contributed by atoms with E-state index in [1.165, 1.54) is 0 Å². The van der Waals surface area contributed by atoms with Crippen molar-refractivity contribution in [3.8, 4) is 0 Å². The molecule has 0 rings (SSSR count). The van der Waals surface area contributed by atoms with E-state index in [9.17, 15) is 26.7 Å². The van der Waals surface area contributed by atoms with E-state index in [1.807, 2.05) is 5.32 Å². The highest BCUT2D eigenvalue weighted by Crippen LogP contribution is 2.36. The zero-order valence-electron chi connectivity index (χ0n) is 8.79. The summed E-state index contributed by atoms with van der Waals surface area (Å²) < 4.78 is 60.2. The van der Waals surface area contributed by atoms with Crippen LogP contribution in [0, 0.1) is 5.41 Å². The molecule has 0 bridgehead atoms. The molecule has 0 aromatic heterocycles. The van der Waals surface area contributed by atoms with E-state index < -0.39 is 37.1 Å². The Morgan fingerprint density at radius 2 is 1.69 bits per heavy atom. The molecule has 8 heteroatoms. The van der Waals surface area contributed by atoms with Crippen molar-refractivity contribution in [1.82, 2.24) is 10.6 Å². The van der Waals surface area contributed by atoms with Crippen LogP contribution in [0.3, 0.4) is 0 Å². The fraction of sp³-hybridized carbons (Fsp3) is 0.875. The first-order valence-electron chi connectivity index (χ1n) is 4.43. The largest absolute Gasteiger partial charge is 0.395 e. The highest BCUT2D eigenvalue weighted by molar-refractivity contribution is 5.73. The lowest BCUT2D eigenvalue weighted by molar-refractivity contribution is -0.208. The van der Waals surface area contributed by atoms with Crippen LogP contribution in [0.15, 0.2) is 0 Å². The molecular formula is C8H13F5N2O. The van der Waals surface area contributed by atoms with Gasteiger partial charge in [0.15, 0.2) is 0 Å². The SMILES string of the molecule is CC(C)(CNC(=O)NCC(F)F)C(F)(F)F. The van der Waals surface area contributed by atoms with Crippen LogP contribution in [0.5, 0.6) is 0 Å². The van der Waals surface area contributed by atoms with Gasteiger partial charge >= 0.3 is 12.2 Å². The molecule has 0 atom stereocenters. The number of amides is 2. The van der Waals surface area contributed by atoms with E-state index in [0.717, 1.165) is 13.8 Å². The molecule has 16 heavy (non-hydrogen) atoms. The molecule has 0 aliphatic carbocycles. The van der Waals surface area contributed by atoms with Crippen LogP contribution in [-0.2, 0) is 0 Å². The maximum Gasteiger partial charge on any atom is 0.395 e. The fourth-order valence-corrected chi connectivity index (χ4v) is 0.634. The molecule has 0 unspecified atom stereocenters. The first-order valence-corrected chi connectivity index (χ1v) is 4.43. The Morgan fingerprint density at radius 3 is 2.06 bits per heavy atom. The van der Waals surface area contributed by atoms with Gasteiger partial charge in [-0.05, 0) is 13.8 Å². The van der Waals surface area contributed by atoms with E-state index in [2.05, 4.69) is 0 Å². The van der Waals surface area contributed by atoms with Crippen molar-refractivity contribution < 1.29 is 26.7 Å². The normalized spacial score (nSPS) is 12.8. The molecule has 2 amide bonds. The quantitative estimate of drug-likeness (QED) is 0.735. The highest BCUT2D eigenvalue weighted by Gasteiger charge is 2.47. The van der Waals surface area contributed by atoms with Crippen LogP contribution < -0.4 is 10.6 Å². The lowest BCUT2D eigenvalue weighted by Gasteiger charge is -2.27. The monoisotopic (exact) mass is 248 g/mol. The average Bonchev–Trinajstić information content (AvgIpc) is 2.09. The van der Waals surface area contributed by atoms with Gasteiger partial charge in [0.25, 0.3) is 6.43 Å². The first-order chi connectivity index (χ1) is 7.06. The Kier molecular flexibility index (Phi) is 4.95. The van der Waals surface area contributed by atoms with Crippen LogP contribution in [0.1, 0.15) is 13.8 Å². The third kappa shape index (κ3) is 5.13. The van der Waals surface area contributed by atoms with Crippen LogP contribution in [0.25, 0.3) is 0 Å². The molecule has 2 N–H and O–H groups in total. The van der Waals surface area contributed by atoms with Crippen molar-refractivity contribution in [3.63, 3.8) is 0 Å². The third-order valence-electron chi connectivity index (χ3n) is 1.88. The van der Waals surface area contributed by atoms with E-state index in [4.69, 9.17) is 0 Å². The molecule has 0 radical (unpaired) electrons. The summed E-state index contributed by atoms with van der Waals surface area (Å²) in [6.07, 6.45) is -7.20. The van der Waals surface area contributed by atoms with Gasteiger partial charge in [0.1, 0.15) is 0 Å². The minimum atomic E-state index is -4.47. The van der Waals surface area contributed by atoms with Gasteiger partial charge in [0.05, 0.1) is 12.0 Å². The van der Waals surface area contributed by atoms with Gasteiger partial charge in [0, 0.05) is 6.54 Å². The Balaban J connectivity index is 4.01. The second-order valence-corrected chi connectivity index (χ2v) is 3.84. The molecule has 0 aliphatic rings. The zero-order chi connectivity index (χ0) is 13.0. The van der Waals surface area contributed by atoms with Crippen LogP contribution in [-0.4, -0.2) is 31.7 Å². The van der Waals surface area contributed by atoms with Gasteiger partial charge in [-0.1, -0.05) is 0 Å². The second-order valence-electron chi connectivity index (χ2n) is 3.84. The van der Waals surface area contributed by atoms with E-state index in [1.54, 1.807) is 5.32 Å². The molecule has 0 aromatic rings. The van der Waals surface area contributed by atoms with Gasteiger partial charge in [-0.25, -0.2) is 13.6 Å². The summed E-state index contributed by atoms with van der Waals surface area (Å²) in [5.74, 6) is 0. The van der Waals surface area contributed by atoms with Crippen LogP contribution >= 0.6 is 0 Å². The molecule has 0 aromatic carbocycles. The molecular weight excluding hydrogens is 235 g/mol. The van der Waals surface area contributed by atoms with Crippen molar-refractivity contribution in [2.24, 2.45) is 5.41 Å². The summed E-state index contributed by atoms with van der Waals surface area (Å²) in [5, 5.41) is 3.62. The maximum absolute atomic E-state index is 12.3. The van der Waals surface area contributed by atoms with Gasteiger partial charge < -0.3 is 10.6 Å². The number of carbonyl (C=O) groups excluding carboxylic acids is 1. The Hall–Kier alpha value is -1.08. The van der Waals surface area contributed by atoms with Crippen LogP contribution in [0.4, 0.5) is 26.7 Å². The van der Waals surface area contributed by atoms with Crippen molar-refractivity contribution in [3.05, 3.63) is 0 Å². The molecule has 0 aliphatic heterocycles. The lowest BCUT2D eigenvalue weighted by atomic mass is 9.93. The van der Waals surface area contributed by atoms with Crippen molar-refractivity contribution in [2.45, 2.75) is 26.4 Å². The predicted molar refractivity (Wildman–Crippen MR) is 47.2 cm³/mol. The van der Waals surface area contributed by atoms with Gasteiger partial charge in [0.2, 0.25) is 0 Å². The van der Waals surface area contributed by atoms with Gasteiger partial charge in [-0.3, -0.25) is 0 Å². The number of urea groups is 1. The summed E-state index contributed by atoms with van der Waals surface area (Å²) in [7, 11) is 0. The lowest BCUT2D eigenvalue weighted by Crippen LogP contribution is -2.47. The summed E-state index contributed by atoms with van der Waals surface area (Å²) in [4.78, 5) is 10.8. The number of nitrogens with one attached hydrogen (secondary N) is 2. The number of rotatable bonds is 4. The molecule has 0 fully saturated rings. The van der Waals surface area contributed by atoms with E-state index >= 15 is 0 Å². The molecule has 0 saturated heterocycles. The van der Waals surface area contributed by atoms with Crippen molar-refractivity contribution in [1.29, 1.82) is 0 Å². The highest BCUT2D eigenvalue weighted by atomic mass is 19.4. The number of alkyl halides is 5. The first kappa shape index (κ1) is 14.9. The predicted octanol–water partition coefficient (Wildman–Crippen LogP) is 2.14. The smallest absolute Gasteiger partial charge is 0.337 e. The van der Waals surface area contributed by atoms with Gasteiger partial charge in [-0.2, -0.15) is 13.2 Å². The molecule has 0 spiro atoms. The number of hydrogen-bond donors (Lipinski definition) is 2. The molecule has 0 heterocycles. The average molecular weight is 248 g/mol. The second kappa shape index (κ2) is 5.31. The Morgan fingerprint density at radius 1 is 1.19 bits per heavy atom. The van der Waals surface area contributed by atoms with Gasteiger partial charge in [-0.15, -0.1) is 0 Å². The minimum Gasteiger partial charge on any atom is -0.337 e. The third-order valence-corrected chi connectivity index (χ3v) is 1.88. The fourth-order valence-electron chi connectivity index (χ4n) is 0.634. The number of carbonyl (C=O) groups is 1. The standard InChI is InChI=1S/C8H13F5N2O/c1-7(2,8(11,12)13)4-15-6(16)14-3-5(9)10/h5H,3-4H2,1-2H3,(H2,14,15,16). The zero-order valence-corrected chi connectivity index (χ0v) is 8.79. The Bertz CT molecular complexity index is 239. The van der Waals surface area contributed by atoms with E-state index in [0.29, 0.717) is 0 Å². The minimum absolute atomic E-state index is 0.675. The van der Waals surface area contributed by atoms with Crippen molar-refractivity contribution >= 4 is 6.03 Å². The van der Waals surface area contributed by atoms with Crippen molar-refractivity contribution in [2.75, 3.05) is 13.1 Å². The summed E-state index contributed by atoms with van der Waals surface area (Å²) in [5.41, 5.74) is -2.10. The number of halogens is 5. The molecule has 3 nitrogen and oxygen atoms in total. The summed E-state index contributed by atoms with van der Waals surface area (Å²) in [6.45, 7) is 0.241.